The fourth-order valence-electron chi connectivity index (χ4n) is 3.98. The van der Waals surface area contributed by atoms with Crippen molar-refractivity contribution in [3.63, 3.8) is 0 Å². The van der Waals surface area contributed by atoms with Crippen LogP contribution >= 0.6 is 0 Å². The van der Waals surface area contributed by atoms with E-state index in [4.69, 9.17) is 4.42 Å². The number of pyridine rings is 1. The second kappa shape index (κ2) is 6.15. The van der Waals surface area contributed by atoms with Gasteiger partial charge in [-0.1, -0.05) is 13.8 Å². The molecule has 0 unspecified atom stereocenters. The van der Waals surface area contributed by atoms with Gasteiger partial charge in [0.05, 0.1) is 10.9 Å². The van der Waals surface area contributed by atoms with Gasteiger partial charge in [-0.2, -0.15) is 0 Å². The number of hydrogen-bond donors (Lipinski definition) is 0. The van der Waals surface area contributed by atoms with Crippen molar-refractivity contribution in [1.29, 1.82) is 0 Å². The predicted octanol–water partition coefficient (Wildman–Crippen LogP) is 6.10. The van der Waals surface area contributed by atoms with E-state index in [1.54, 1.807) is 6.07 Å². The standard InChI is InChI=1S/C23H22F2NO/c1-12(2)17-10-19(26(5)11-14(17)4)21-13(3)8-18(25)22-16-7-6-15(24)9-20(16)27-23(21)22/h6-12H,1-5H3/q+1. The van der Waals surface area contributed by atoms with E-state index in [0.29, 0.717) is 27.9 Å². The summed E-state index contributed by atoms with van der Waals surface area (Å²) in [6.45, 7) is 8.28. The van der Waals surface area contributed by atoms with Gasteiger partial charge in [0.25, 0.3) is 0 Å². The summed E-state index contributed by atoms with van der Waals surface area (Å²) >= 11 is 0. The Labute approximate surface area is 157 Å². The molecule has 0 fully saturated rings. The molecule has 0 aliphatic rings. The van der Waals surface area contributed by atoms with Crippen molar-refractivity contribution in [3.8, 4) is 11.3 Å². The quantitative estimate of drug-likeness (QED) is 0.392. The molecule has 0 aliphatic carbocycles. The number of aromatic nitrogens is 1. The van der Waals surface area contributed by atoms with Crippen LogP contribution in [0.25, 0.3) is 33.2 Å². The molecule has 0 radical (unpaired) electrons. The first-order valence-corrected chi connectivity index (χ1v) is 9.09. The lowest BCUT2D eigenvalue weighted by molar-refractivity contribution is -0.660. The van der Waals surface area contributed by atoms with Gasteiger partial charge in [0, 0.05) is 23.1 Å². The molecule has 0 saturated carbocycles. The minimum absolute atomic E-state index is 0.351. The fraction of sp³-hybridized carbons (Fsp3) is 0.261. The summed E-state index contributed by atoms with van der Waals surface area (Å²) in [6, 6.07) is 7.90. The Morgan fingerprint density at radius 3 is 2.44 bits per heavy atom. The molecule has 0 spiro atoms. The normalized spacial score (nSPS) is 11.9. The van der Waals surface area contributed by atoms with Crippen LogP contribution in [0.15, 0.2) is 40.9 Å². The van der Waals surface area contributed by atoms with Gasteiger partial charge in [0.1, 0.15) is 24.3 Å². The molecule has 4 aromatic rings. The number of fused-ring (bicyclic) bond motifs is 3. The largest absolute Gasteiger partial charge is 0.455 e. The zero-order valence-corrected chi connectivity index (χ0v) is 16.2. The van der Waals surface area contributed by atoms with Crippen LogP contribution in [-0.2, 0) is 7.05 Å². The lowest BCUT2D eigenvalue weighted by atomic mass is 9.94. The van der Waals surface area contributed by atoms with Crippen molar-refractivity contribution in [1.82, 2.24) is 0 Å². The molecular weight excluding hydrogens is 344 g/mol. The molecule has 2 nitrogen and oxygen atoms in total. The van der Waals surface area contributed by atoms with Crippen LogP contribution in [0.2, 0.25) is 0 Å². The van der Waals surface area contributed by atoms with Crippen molar-refractivity contribution in [2.24, 2.45) is 7.05 Å². The van der Waals surface area contributed by atoms with Crippen LogP contribution in [0.5, 0.6) is 0 Å². The van der Waals surface area contributed by atoms with Crippen LogP contribution in [-0.4, -0.2) is 0 Å². The smallest absolute Gasteiger partial charge is 0.216 e. The maximum Gasteiger partial charge on any atom is 0.216 e. The van der Waals surface area contributed by atoms with Crippen molar-refractivity contribution < 1.29 is 17.8 Å². The van der Waals surface area contributed by atoms with Gasteiger partial charge in [-0.05, 0) is 49.1 Å². The van der Waals surface area contributed by atoms with E-state index < -0.39 is 5.82 Å². The van der Waals surface area contributed by atoms with E-state index in [9.17, 15) is 8.78 Å². The molecule has 0 atom stereocenters. The van der Waals surface area contributed by atoms with Gasteiger partial charge in [-0.3, -0.25) is 0 Å². The summed E-state index contributed by atoms with van der Waals surface area (Å²) in [4.78, 5) is 0. The first-order valence-electron chi connectivity index (χ1n) is 9.09. The summed E-state index contributed by atoms with van der Waals surface area (Å²) < 4.78 is 36.5. The van der Waals surface area contributed by atoms with Crippen LogP contribution in [0.4, 0.5) is 8.78 Å². The van der Waals surface area contributed by atoms with Gasteiger partial charge in [-0.25, -0.2) is 13.3 Å². The van der Waals surface area contributed by atoms with Crippen LogP contribution < -0.4 is 4.57 Å². The average molecular weight is 366 g/mol. The van der Waals surface area contributed by atoms with Gasteiger partial charge in [0.2, 0.25) is 5.69 Å². The number of aryl methyl sites for hydroxylation is 3. The third kappa shape index (κ3) is 2.71. The molecule has 2 heterocycles. The maximum absolute atomic E-state index is 14.8. The zero-order chi connectivity index (χ0) is 19.5. The van der Waals surface area contributed by atoms with Crippen LogP contribution in [0, 0.1) is 25.5 Å². The van der Waals surface area contributed by atoms with Gasteiger partial charge in [-0.15, -0.1) is 0 Å². The van der Waals surface area contributed by atoms with Gasteiger partial charge in [0.15, 0.2) is 11.8 Å². The van der Waals surface area contributed by atoms with Crippen molar-refractivity contribution in [2.75, 3.05) is 0 Å². The molecule has 0 N–H and O–H groups in total. The molecule has 138 valence electrons. The van der Waals surface area contributed by atoms with Crippen molar-refractivity contribution in [3.05, 3.63) is 64.9 Å². The second-order valence-electron chi connectivity index (χ2n) is 7.56. The third-order valence-corrected chi connectivity index (χ3v) is 5.25. The average Bonchev–Trinajstić information content (AvgIpc) is 2.94. The van der Waals surface area contributed by atoms with E-state index in [0.717, 1.165) is 16.8 Å². The number of halogens is 2. The first kappa shape index (κ1) is 17.7. The Hall–Kier alpha value is -2.75. The summed E-state index contributed by atoms with van der Waals surface area (Å²) in [5.74, 6) is -0.385. The molecule has 0 saturated heterocycles. The topological polar surface area (TPSA) is 17.0 Å². The first-order chi connectivity index (χ1) is 12.8. The molecule has 27 heavy (non-hydrogen) atoms. The Morgan fingerprint density at radius 2 is 1.74 bits per heavy atom. The number of benzene rings is 2. The van der Waals surface area contributed by atoms with Crippen molar-refractivity contribution >= 4 is 21.9 Å². The highest BCUT2D eigenvalue weighted by Crippen LogP contribution is 2.39. The minimum atomic E-state index is -0.400. The highest BCUT2D eigenvalue weighted by Gasteiger charge is 2.25. The summed E-state index contributed by atoms with van der Waals surface area (Å²) in [7, 11) is 1.98. The zero-order valence-electron chi connectivity index (χ0n) is 16.2. The Morgan fingerprint density at radius 1 is 1.00 bits per heavy atom. The van der Waals surface area contributed by atoms with E-state index >= 15 is 0 Å². The highest BCUT2D eigenvalue weighted by atomic mass is 19.1. The molecular formula is C23H22F2NO+. The van der Waals surface area contributed by atoms with Crippen molar-refractivity contribution in [2.45, 2.75) is 33.6 Å². The van der Waals surface area contributed by atoms with Gasteiger partial charge >= 0.3 is 0 Å². The molecule has 4 heteroatoms. The lowest BCUT2D eigenvalue weighted by Crippen LogP contribution is -2.32. The van der Waals surface area contributed by atoms with Gasteiger partial charge < -0.3 is 4.42 Å². The van der Waals surface area contributed by atoms with E-state index in [-0.39, 0.29) is 5.82 Å². The Balaban J connectivity index is 2.14. The third-order valence-electron chi connectivity index (χ3n) is 5.25. The predicted molar refractivity (Wildman–Crippen MR) is 104 cm³/mol. The Bertz CT molecular complexity index is 1200. The SMILES string of the molecule is Cc1c[n+](C)c(-c2c(C)cc(F)c3c2oc2cc(F)ccc23)cc1C(C)C. The summed E-state index contributed by atoms with van der Waals surface area (Å²) in [5.41, 5.74) is 5.84. The number of hydrogen-bond acceptors (Lipinski definition) is 1. The lowest BCUT2D eigenvalue weighted by Gasteiger charge is -2.12. The van der Waals surface area contributed by atoms with Crippen LogP contribution in [0.3, 0.4) is 0 Å². The van der Waals surface area contributed by atoms with E-state index in [1.165, 1.54) is 29.3 Å². The molecule has 0 amide bonds. The molecule has 4 rings (SSSR count). The molecule has 0 aliphatic heterocycles. The number of furan rings is 1. The summed E-state index contributed by atoms with van der Waals surface area (Å²) in [6.07, 6.45) is 2.08. The van der Waals surface area contributed by atoms with Crippen LogP contribution in [0.1, 0.15) is 36.5 Å². The Kier molecular flexibility index (Phi) is 4.02. The molecule has 2 aromatic heterocycles. The maximum atomic E-state index is 14.8. The number of rotatable bonds is 2. The highest BCUT2D eigenvalue weighted by molar-refractivity contribution is 6.10. The second-order valence-corrected chi connectivity index (χ2v) is 7.56. The minimum Gasteiger partial charge on any atom is -0.455 e. The molecule has 0 bridgehead atoms. The number of nitrogens with zero attached hydrogens (tertiary/aromatic N) is 1. The summed E-state index contributed by atoms with van der Waals surface area (Å²) in [5, 5.41) is 0.987. The fourth-order valence-corrected chi connectivity index (χ4v) is 3.98. The molecule has 2 aromatic carbocycles. The monoisotopic (exact) mass is 366 g/mol. The van der Waals surface area contributed by atoms with E-state index in [1.807, 2.05) is 18.5 Å². The van der Waals surface area contributed by atoms with E-state index in [2.05, 4.69) is 33.0 Å².